The van der Waals surface area contributed by atoms with Gasteiger partial charge < -0.3 is 19.1 Å². The minimum absolute atomic E-state index is 0.183. The number of thiophene rings is 1. The Hall–Kier alpha value is -3.80. The molecule has 2 aliphatic rings. The Balaban J connectivity index is 1.46. The van der Waals surface area contributed by atoms with Crippen molar-refractivity contribution < 1.29 is 28.2 Å². The van der Waals surface area contributed by atoms with E-state index >= 15 is 0 Å². The third kappa shape index (κ3) is 6.58. The quantitative estimate of drug-likeness (QED) is 0.360. The highest BCUT2D eigenvalue weighted by molar-refractivity contribution is 7.12. The molecule has 41 heavy (non-hydrogen) atoms. The van der Waals surface area contributed by atoms with Crippen molar-refractivity contribution in [2.24, 2.45) is 5.10 Å². The number of carbonyl (C=O) groups excluding carboxylic acids is 2. The molecular formula is C30H33FN4O5S. The summed E-state index contributed by atoms with van der Waals surface area (Å²) in [5, 5.41) is 7.84. The molecule has 1 saturated heterocycles. The van der Waals surface area contributed by atoms with Crippen LogP contribution in [0, 0.1) is 5.82 Å². The first-order valence-electron chi connectivity index (χ1n) is 13.5. The highest BCUT2D eigenvalue weighted by Crippen LogP contribution is 2.39. The minimum atomic E-state index is -0.583. The molecule has 1 fully saturated rings. The number of hydrogen-bond acceptors (Lipinski definition) is 8. The van der Waals surface area contributed by atoms with E-state index < -0.39 is 11.9 Å². The van der Waals surface area contributed by atoms with Gasteiger partial charge in [-0.05, 0) is 35.7 Å². The highest BCUT2D eigenvalue weighted by atomic mass is 32.1. The molecule has 0 bridgehead atoms. The van der Waals surface area contributed by atoms with E-state index in [1.165, 1.54) is 22.4 Å². The highest BCUT2D eigenvalue weighted by Gasteiger charge is 2.37. The van der Waals surface area contributed by atoms with Crippen LogP contribution in [0.2, 0.25) is 0 Å². The second kappa shape index (κ2) is 13.2. The molecule has 216 valence electrons. The Morgan fingerprint density at radius 2 is 1.90 bits per heavy atom. The van der Waals surface area contributed by atoms with Gasteiger partial charge in [-0.3, -0.25) is 14.5 Å². The number of morpholine rings is 1. The van der Waals surface area contributed by atoms with E-state index in [4.69, 9.17) is 14.2 Å². The average Bonchev–Trinajstić information content (AvgIpc) is 3.70. The van der Waals surface area contributed by atoms with Gasteiger partial charge in [0.25, 0.3) is 11.8 Å². The van der Waals surface area contributed by atoms with Crippen molar-refractivity contribution in [3.05, 3.63) is 81.8 Å². The van der Waals surface area contributed by atoms with E-state index in [2.05, 4.69) is 10.0 Å². The monoisotopic (exact) mass is 580 g/mol. The zero-order chi connectivity index (χ0) is 28.8. The lowest BCUT2D eigenvalue weighted by molar-refractivity contribution is -0.133. The van der Waals surface area contributed by atoms with Crippen LogP contribution in [-0.4, -0.2) is 92.5 Å². The molecule has 2 aliphatic heterocycles. The topological polar surface area (TPSA) is 83.9 Å². The van der Waals surface area contributed by atoms with Crippen LogP contribution in [0.1, 0.15) is 33.3 Å². The van der Waals surface area contributed by atoms with Crippen LogP contribution in [0.4, 0.5) is 4.39 Å². The van der Waals surface area contributed by atoms with Gasteiger partial charge in [0, 0.05) is 43.7 Å². The fourth-order valence-electron chi connectivity index (χ4n) is 5.07. The molecule has 1 atom stereocenters. The number of halogens is 1. The largest absolute Gasteiger partial charge is 0.497 e. The fourth-order valence-corrected chi connectivity index (χ4v) is 5.76. The maximum absolute atomic E-state index is 14.8. The van der Waals surface area contributed by atoms with E-state index in [0.29, 0.717) is 59.5 Å². The lowest BCUT2D eigenvalue weighted by Gasteiger charge is -2.31. The summed E-state index contributed by atoms with van der Waals surface area (Å²) in [6.07, 6.45) is 0.267. The van der Waals surface area contributed by atoms with Gasteiger partial charge in [-0.1, -0.05) is 24.3 Å². The normalized spacial score (nSPS) is 17.3. The van der Waals surface area contributed by atoms with Gasteiger partial charge in [-0.15, -0.1) is 11.3 Å². The van der Waals surface area contributed by atoms with E-state index in [9.17, 15) is 14.0 Å². The molecule has 0 unspecified atom stereocenters. The molecule has 0 radical (unpaired) electrons. The summed E-state index contributed by atoms with van der Waals surface area (Å²) in [6.45, 7) is 3.63. The number of carbonyl (C=O) groups is 2. The zero-order valence-corrected chi connectivity index (χ0v) is 23.9. The van der Waals surface area contributed by atoms with Gasteiger partial charge in [0.05, 0.1) is 44.1 Å². The smallest absolute Gasteiger partial charge is 0.264 e. The predicted octanol–water partition coefficient (Wildman–Crippen LogP) is 4.06. The van der Waals surface area contributed by atoms with E-state index in [-0.39, 0.29) is 24.8 Å². The van der Waals surface area contributed by atoms with Gasteiger partial charge in [-0.2, -0.15) is 5.10 Å². The van der Waals surface area contributed by atoms with Gasteiger partial charge in [0.1, 0.15) is 23.9 Å². The molecule has 5 rings (SSSR count). The third-order valence-corrected chi connectivity index (χ3v) is 8.14. The Morgan fingerprint density at radius 3 is 2.61 bits per heavy atom. The molecule has 0 aliphatic carbocycles. The first kappa shape index (κ1) is 28.7. The number of hydrazone groups is 1. The predicted molar refractivity (Wildman–Crippen MR) is 154 cm³/mol. The third-order valence-electron chi connectivity index (χ3n) is 7.28. The molecule has 3 heterocycles. The Bertz CT molecular complexity index is 1390. The summed E-state index contributed by atoms with van der Waals surface area (Å²) in [7, 11) is 3.12. The van der Waals surface area contributed by atoms with E-state index in [0.717, 1.165) is 13.1 Å². The lowest BCUT2D eigenvalue weighted by Crippen LogP contribution is -2.46. The SMILES string of the molecule is COc1ccc(OC)c([C@@H]2CC(c3ccccc3F)=NN2C(=O)CN(CCN2CCOCC2)C(=O)c2cccs2)c1. The minimum Gasteiger partial charge on any atom is -0.497 e. The molecule has 2 amide bonds. The first-order chi connectivity index (χ1) is 20.0. The summed E-state index contributed by atoms with van der Waals surface area (Å²) in [4.78, 5) is 31.9. The number of methoxy groups -OCH3 is 2. The van der Waals surface area contributed by atoms with Crippen molar-refractivity contribution >= 4 is 28.9 Å². The zero-order valence-electron chi connectivity index (χ0n) is 23.1. The molecular weight excluding hydrogens is 547 g/mol. The van der Waals surface area contributed by atoms with Gasteiger partial charge in [0.2, 0.25) is 0 Å². The number of ether oxygens (including phenoxy) is 3. The maximum atomic E-state index is 14.8. The fraction of sp³-hybridized carbons (Fsp3) is 0.367. The Kier molecular flexibility index (Phi) is 9.28. The second-order valence-electron chi connectivity index (χ2n) is 9.75. The van der Waals surface area contributed by atoms with E-state index in [1.54, 1.807) is 61.6 Å². The molecule has 1 aromatic heterocycles. The summed E-state index contributed by atoms with van der Waals surface area (Å²) in [5.74, 6) is 0.134. The van der Waals surface area contributed by atoms with Crippen molar-refractivity contribution in [1.82, 2.24) is 14.8 Å². The van der Waals surface area contributed by atoms with Gasteiger partial charge in [0.15, 0.2) is 0 Å². The van der Waals surface area contributed by atoms with Crippen LogP contribution >= 0.6 is 11.3 Å². The standard InChI is InChI=1S/C30H33FN4O5S/c1-38-21-9-10-27(39-2)23(18-21)26-19-25(22-6-3-4-7-24(22)31)32-35(26)29(36)20-34(30(37)28-8-5-17-41-28)12-11-33-13-15-40-16-14-33/h3-10,17-18,26H,11-16,19-20H2,1-2H3/t26-/m0/s1. The van der Waals surface area contributed by atoms with Crippen molar-refractivity contribution in [3.63, 3.8) is 0 Å². The van der Waals surface area contributed by atoms with Crippen LogP contribution in [0.15, 0.2) is 65.1 Å². The maximum Gasteiger partial charge on any atom is 0.264 e. The van der Waals surface area contributed by atoms with Crippen LogP contribution in [0.3, 0.4) is 0 Å². The molecule has 3 aromatic rings. The summed E-state index contributed by atoms with van der Waals surface area (Å²) in [6, 6.07) is 14.7. The van der Waals surface area contributed by atoms with Crippen molar-refractivity contribution in [2.75, 3.05) is 60.2 Å². The number of benzene rings is 2. The van der Waals surface area contributed by atoms with Crippen LogP contribution in [-0.2, 0) is 9.53 Å². The van der Waals surface area contributed by atoms with Crippen molar-refractivity contribution in [2.45, 2.75) is 12.5 Å². The summed E-state index contributed by atoms with van der Waals surface area (Å²) in [5.41, 5.74) is 1.45. The Morgan fingerprint density at radius 1 is 1.10 bits per heavy atom. The number of nitrogens with zero attached hydrogens (tertiary/aromatic N) is 4. The first-order valence-corrected chi connectivity index (χ1v) is 14.4. The van der Waals surface area contributed by atoms with Crippen molar-refractivity contribution in [1.29, 1.82) is 0 Å². The van der Waals surface area contributed by atoms with E-state index in [1.807, 2.05) is 11.4 Å². The molecule has 0 spiro atoms. The molecule has 11 heteroatoms. The van der Waals surface area contributed by atoms with Gasteiger partial charge in [-0.25, -0.2) is 9.40 Å². The van der Waals surface area contributed by atoms with Crippen LogP contribution in [0.5, 0.6) is 11.5 Å². The number of amides is 2. The molecule has 0 N–H and O–H groups in total. The second-order valence-corrected chi connectivity index (χ2v) is 10.7. The summed E-state index contributed by atoms with van der Waals surface area (Å²) < 4.78 is 31.3. The van der Waals surface area contributed by atoms with Crippen LogP contribution < -0.4 is 9.47 Å². The van der Waals surface area contributed by atoms with Gasteiger partial charge >= 0.3 is 0 Å². The molecule has 9 nitrogen and oxygen atoms in total. The lowest BCUT2D eigenvalue weighted by atomic mass is 9.97. The van der Waals surface area contributed by atoms with Crippen molar-refractivity contribution in [3.8, 4) is 11.5 Å². The molecule has 0 saturated carbocycles. The summed E-state index contributed by atoms with van der Waals surface area (Å²) >= 11 is 1.34. The van der Waals surface area contributed by atoms with Crippen LogP contribution in [0.25, 0.3) is 0 Å². The molecule has 2 aromatic carbocycles. The Labute approximate surface area is 242 Å². The number of hydrogen-bond donors (Lipinski definition) is 0. The average molecular weight is 581 g/mol. The number of rotatable bonds is 10.